The minimum absolute atomic E-state index is 0.244. The van der Waals surface area contributed by atoms with E-state index in [1.54, 1.807) is 12.1 Å². The van der Waals surface area contributed by atoms with Crippen LogP contribution in [0, 0.1) is 11.3 Å². The van der Waals surface area contributed by atoms with Crippen molar-refractivity contribution in [1.29, 1.82) is 5.26 Å². The number of benzene rings is 1. The predicted molar refractivity (Wildman–Crippen MR) is 80.5 cm³/mol. The second kappa shape index (κ2) is 5.15. The number of hydrogen-bond donors (Lipinski definition) is 0. The molecule has 1 saturated heterocycles. The fourth-order valence-corrected chi connectivity index (χ4v) is 4.96. The Morgan fingerprint density at radius 2 is 2.24 bits per heavy atom. The molecule has 1 aromatic carbocycles. The first kappa shape index (κ1) is 14.1. The van der Waals surface area contributed by atoms with Crippen LogP contribution in [-0.4, -0.2) is 23.7 Å². The molecule has 1 aliphatic rings. The van der Waals surface area contributed by atoms with Crippen molar-refractivity contribution in [3.05, 3.63) is 29.6 Å². The Hall–Kier alpha value is -1.87. The fraction of sp³-hybridized carbons (Fsp3) is 0.467. The van der Waals surface area contributed by atoms with Gasteiger partial charge in [-0.1, -0.05) is 6.42 Å². The van der Waals surface area contributed by atoms with Crippen molar-refractivity contribution in [3.63, 3.8) is 0 Å². The van der Waals surface area contributed by atoms with Crippen LogP contribution in [0.4, 0.5) is 0 Å². The van der Waals surface area contributed by atoms with Gasteiger partial charge in [-0.05, 0) is 38.0 Å². The second-order valence-electron chi connectivity index (χ2n) is 5.38. The zero-order valence-electron chi connectivity index (χ0n) is 11.9. The average Bonchev–Trinajstić information content (AvgIpc) is 2.83. The minimum atomic E-state index is -3.12. The van der Waals surface area contributed by atoms with E-state index in [4.69, 9.17) is 5.26 Å². The lowest BCUT2D eigenvalue weighted by atomic mass is 10.2. The average molecular weight is 303 g/mol. The highest BCUT2D eigenvalue weighted by atomic mass is 32.2. The molecule has 1 fully saturated rings. The van der Waals surface area contributed by atoms with E-state index < -0.39 is 15.1 Å². The third-order valence-corrected chi connectivity index (χ3v) is 6.26. The lowest BCUT2D eigenvalue weighted by Crippen LogP contribution is -2.24. The zero-order valence-corrected chi connectivity index (χ0v) is 12.7. The van der Waals surface area contributed by atoms with Crippen LogP contribution < -0.4 is 0 Å². The molecule has 6 heteroatoms. The van der Waals surface area contributed by atoms with Crippen molar-refractivity contribution in [2.24, 2.45) is 0 Å². The van der Waals surface area contributed by atoms with E-state index in [9.17, 15) is 8.42 Å². The third-order valence-electron chi connectivity index (χ3n) is 4.09. The summed E-state index contributed by atoms with van der Waals surface area (Å²) in [5, 5.41) is 8.47. The maximum atomic E-state index is 12.3. The van der Waals surface area contributed by atoms with Gasteiger partial charge in [0.15, 0.2) is 9.84 Å². The number of fused-ring (bicyclic) bond motifs is 1. The normalized spacial score (nSPS) is 21.2. The van der Waals surface area contributed by atoms with Crippen molar-refractivity contribution in [2.45, 2.75) is 38.0 Å². The summed E-state index contributed by atoms with van der Waals surface area (Å²) in [6.07, 6.45) is 2.29. The molecule has 3 rings (SSSR count). The molecule has 5 nitrogen and oxygen atoms in total. The van der Waals surface area contributed by atoms with E-state index in [1.807, 2.05) is 17.6 Å². The monoisotopic (exact) mass is 303 g/mol. The molecule has 1 unspecified atom stereocenters. The highest BCUT2D eigenvalue weighted by Crippen LogP contribution is 2.34. The first-order valence-corrected chi connectivity index (χ1v) is 8.90. The topological polar surface area (TPSA) is 75.8 Å². The lowest BCUT2D eigenvalue weighted by Gasteiger charge is -2.22. The maximum Gasteiger partial charge on any atom is 0.160 e. The summed E-state index contributed by atoms with van der Waals surface area (Å²) in [5.74, 6) is 0.871. The van der Waals surface area contributed by atoms with Gasteiger partial charge in [0.1, 0.15) is 11.1 Å². The van der Waals surface area contributed by atoms with Gasteiger partial charge in [0, 0.05) is 6.54 Å². The number of rotatable bonds is 2. The maximum absolute atomic E-state index is 12.3. The molecule has 2 aromatic rings. The van der Waals surface area contributed by atoms with Crippen LogP contribution in [0.15, 0.2) is 18.2 Å². The zero-order chi connectivity index (χ0) is 15.0. The van der Waals surface area contributed by atoms with Gasteiger partial charge in [0.2, 0.25) is 0 Å². The van der Waals surface area contributed by atoms with E-state index in [0.717, 1.165) is 18.4 Å². The number of nitrogens with zero attached hydrogens (tertiary/aromatic N) is 3. The van der Waals surface area contributed by atoms with Gasteiger partial charge in [-0.25, -0.2) is 13.4 Å². The summed E-state index contributed by atoms with van der Waals surface area (Å²) in [5.41, 5.74) is 2.14. The van der Waals surface area contributed by atoms with E-state index in [0.29, 0.717) is 29.9 Å². The van der Waals surface area contributed by atoms with Crippen molar-refractivity contribution >= 4 is 20.9 Å². The van der Waals surface area contributed by atoms with E-state index in [1.165, 1.54) is 0 Å². The van der Waals surface area contributed by atoms with Gasteiger partial charge in [-0.3, -0.25) is 0 Å². The third kappa shape index (κ3) is 2.32. The van der Waals surface area contributed by atoms with Crippen molar-refractivity contribution < 1.29 is 8.42 Å². The van der Waals surface area contributed by atoms with Crippen LogP contribution in [0.5, 0.6) is 0 Å². The summed E-state index contributed by atoms with van der Waals surface area (Å²) in [6, 6.07) is 7.41. The molecule has 1 atom stereocenters. The minimum Gasteiger partial charge on any atom is -0.327 e. The van der Waals surface area contributed by atoms with E-state index in [2.05, 4.69) is 11.1 Å². The molecular formula is C15H17N3O2S. The number of sulfone groups is 1. The Kier molecular flexibility index (Phi) is 3.46. The molecule has 0 N–H and O–H groups in total. The highest BCUT2D eigenvalue weighted by molar-refractivity contribution is 7.91. The first-order chi connectivity index (χ1) is 10.1. The molecule has 110 valence electrons. The summed E-state index contributed by atoms with van der Waals surface area (Å²) in [7, 11) is -3.12. The fourth-order valence-electron chi connectivity index (χ4n) is 3.04. The van der Waals surface area contributed by atoms with Gasteiger partial charge in [0.25, 0.3) is 0 Å². The van der Waals surface area contributed by atoms with Gasteiger partial charge < -0.3 is 4.57 Å². The van der Waals surface area contributed by atoms with E-state index >= 15 is 0 Å². The number of imidazole rings is 1. The summed E-state index contributed by atoms with van der Waals surface area (Å²) in [4.78, 5) is 4.54. The van der Waals surface area contributed by atoms with Crippen LogP contribution in [0.25, 0.3) is 11.0 Å². The quantitative estimate of drug-likeness (QED) is 0.854. The van der Waals surface area contributed by atoms with Crippen LogP contribution in [0.3, 0.4) is 0 Å². The number of aromatic nitrogens is 2. The Morgan fingerprint density at radius 3 is 2.90 bits per heavy atom. The molecule has 0 saturated carbocycles. The Bertz CT molecular complexity index is 830. The Labute approximate surface area is 124 Å². The molecule has 1 aromatic heterocycles. The first-order valence-electron chi connectivity index (χ1n) is 7.18. The number of aryl methyl sites for hydroxylation is 1. The van der Waals surface area contributed by atoms with E-state index in [-0.39, 0.29) is 5.75 Å². The molecule has 0 aliphatic carbocycles. The molecular weight excluding hydrogens is 286 g/mol. The van der Waals surface area contributed by atoms with Crippen LogP contribution in [0.1, 0.15) is 42.8 Å². The SMILES string of the molecule is CCn1c(C2CCCCS2(=O)=O)nc2cc(C#N)ccc21. The van der Waals surface area contributed by atoms with Gasteiger partial charge >= 0.3 is 0 Å². The molecule has 0 bridgehead atoms. The summed E-state index contributed by atoms with van der Waals surface area (Å²) < 4.78 is 26.7. The Morgan fingerprint density at radius 1 is 1.43 bits per heavy atom. The largest absolute Gasteiger partial charge is 0.327 e. The second-order valence-corrected chi connectivity index (χ2v) is 7.68. The van der Waals surface area contributed by atoms with Gasteiger partial charge in [0.05, 0.1) is 28.4 Å². The molecule has 0 radical (unpaired) electrons. The standard InChI is InChI=1S/C15H17N3O2S/c1-2-18-13-7-6-11(10-16)9-12(13)17-15(18)14-5-3-4-8-21(14,19)20/h6-7,9,14H,2-5,8H2,1H3. The molecule has 2 heterocycles. The molecule has 0 amide bonds. The van der Waals surface area contributed by atoms with Crippen LogP contribution >= 0.6 is 0 Å². The van der Waals surface area contributed by atoms with Crippen LogP contribution in [0.2, 0.25) is 0 Å². The smallest absolute Gasteiger partial charge is 0.160 e. The summed E-state index contributed by atoms with van der Waals surface area (Å²) >= 11 is 0. The predicted octanol–water partition coefficient (Wildman–Crippen LogP) is 2.57. The van der Waals surface area contributed by atoms with Gasteiger partial charge in [-0.15, -0.1) is 0 Å². The molecule has 21 heavy (non-hydrogen) atoms. The van der Waals surface area contributed by atoms with Crippen molar-refractivity contribution in [2.75, 3.05) is 5.75 Å². The van der Waals surface area contributed by atoms with Crippen molar-refractivity contribution in [1.82, 2.24) is 9.55 Å². The number of hydrogen-bond acceptors (Lipinski definition) is 4. The molecule has 1 aliphatic heterocycles. The van der Waals surface area contributed by atoms with Crippen molar-refractivity contribution in [3.8, 4) is 6.07 Å². The summed E-state index contributed by atoms with van der Waals surface area (Å²) in [6.45, 7) is 2.65. The van der Waals surface area contributed by atoms with Crippen LogP contribution in [-0.2, 0) is 16.4 Å². The lowest BCUT2D eigenvalue weighted by molar-refractivity contribution is 0.530. The molecule has 0 spiro atoms. The Balaban J connectivity index is 2.20. The number of nitriles is 1. The highest BCUT2D eigenvalue weighted by Gasteiger charge is 2.34. The van der Waals surface area contributed by atoms with Gasteiger partial charge in [-0.2, -0.15) is 5.26 Å².